The molecule has 1 unspecified atom stereocenters. The molecule has 2 aliphatic rings. The molecule has 0 bridgehead atoms. The summed E-state index contributed by atoms with van der Waals surface area (Å²) < 4.78 is 14.5. The molecule has 0 spiro atoms. The number of piperazine rings is 1. The second-order valence-corrected chi connectivity index (χ2v) is 8.88. The number of aryl methyl sites for hydroxylation is 2. The molecule has 35 heavy (non-hydrogen) atoms. The number of halogens is 1. The van der Waals surface area contributed by atoms with Crippen LogP contribution < -0.4 is 16.3 Å². The highest BCUT2D eigenvalue weighted by atomic mass is 35.5. The Hall–Kier alpha value is -2.24. The summed E-state index contributed by atoms with van der Waals surface area (Å²) in [6.07, 6.45) is 2.14. The maximum atomic E-state index is 13.0. The first-order valence-electron chi connectivity index (χ1n) is 12.2. The number of ether oxygens (including phenoxy) is 2. The molecular formula is C24H36ClN5O5. The maximum absolute atomic E-state index is 13.0. The maximum Gasteiger partial charge on any atom is 0.329 e. The monoisotopic (exact) mass is 509 g/mol. The van der Waals surface area contributed by atoms with Crippen molar-refractivity contribution < 1.29 is 19.1 Å². The Morgan fingerprint density at radius 3 is 2.51 bits per heavy atom. The number of fused-ring (bicyclic) bond motifs is 1. The Morgan fingerprint density at radius 2 is 1.77 bits per heavy atom. The Bertz CT molecular complexity index is 1060. The van der Waals surface area contributed by atoms with Gasteiger partial charge in [-0.25, -0.2) is 4.79 Å². The number of benzene rings is 1. The highest BCUT2D eigenvalue weighted by Crippen LogP contribution is 2.25. The molecular weight excluding hydrogens is 474 g/mol. The van der Waals surface area contributed by atoms with Crippen molar-refractivity contribution in [2.75, 3.05) is 59.2 Å². The smallest absolute Gasteiger partial charge is 0.329 e. The van der Waals surface area contributed by atoms with Crippen molar-refractivity contribution in [1.82, 2.24) is 24.7 Å². The number of piperidine rings is 1. The van der Waals surface area contributed by atoms with Gasteiger partial charge in [0, 0.05) is 52.8 Å². The standard InChI is InChI=1S/C24H35N5O5.ClH/c1-27-22-18(5-3-14-33-16-17-34-15-13-28-11-9-25-10-12-28)4-2-6-19(22)29(24(27)32)20-7-8-21(30)26-23(20)31;/h2,4,6,20,25H,3,5,7-17H2,1H3,(H,26,30,31);1H. The third-order valence-corrected chi connectivity index (χ3v) is 6.58. The molecule has 0 aliphatic carbocycles. The number of imide groups is 1. The van der Waals surface area contributed by atoms with Gasteiger partial charge >= 0.3 is 5.69 Å². The summed E-state index contributed by atoms with van der Waals surface area (Å²) in [4.78, 5) is 39.3. The number of rotatable bonds is 11. The molecule has 1 aromatic carbocycles. The van der Waals surface area contributed by atoms with Gasteiger partial charge in [0.15, 0.2) is 0 Å². The summed E-state index contributed by atoms with van der Waals surface area (Å²) in [7, 11) is 1.73. The lowest BCUT2D eigenvalue weighted by molar-refractivity contribution is -0.135. The lowest BCUT2D eigenvalue weighted by atomic mass is 10.0. The van der Waals surface area contributed by atoms with Crippen LogP contribution in [0.15, 0.2) is 23.0 Å². The third kappa shape index (κ3) is 6.71. The van der Waals surface area contributed by atoms with E-state index in [1.165, 1.54) is 4.57 Å². The fraction of sp³-hybridized carbons (Fsp3) is 0.625. The molecule has 194 valence electrons. The largest absolute Gasteiger partial charge is 0.379 e. The molecule has 0 radical (unpaired) electrons. The normalized spacial score (nSPS) is 19.1. The van der Waals surface area contributed by atoms with Crippen molar-refractivity contribution in [2.45, 2.75) is 31.7 Å². The lowest BCUT2D eigenvalue weighted by Gasteiger charge is -2.26. The van der Waals surface area contributed by atoms with Crippen LogP contribution in [0.2, 0.25) is 0 Å². The molecule has 2 saturated heterocycles. The predicted molar refractivity (Wildman–Crippen MR) is 135 cm³/mol. The van der Waals surface area contributed by atoms with E-state index in [1.54, 1.807) is 11.6 Å². The van der Waals surface area contributed by atoms with E-state index < -0.39 is 11.9 Å². The summed E-state index contributed by atoms with van der Waals surface area (Å²) >= 11 is 0. The zero-order valence-electron chi connectivity index (χ0n) is 20.3. The zero-order chi connectivity index (χ0) is 23.9. The van der Waals surface area contributed by atoms with Crippen LogP contribution in [0.1, 0.15) is 30.9 Å². The van der Waals surface area contributed by atoms with Crippen LogP contribution in [0, 0.1) is 0 Å². The summed E-state index contributed by atoms with van der Waals surface area (Å²) in [6.45, 7) is 7.70. The molecule has 10 nitrogen and oxygen atoms in total. The molecule has 1 atom stereocenters. The Labute approximate surface area is 211 Å². The first-order valence-corrected chi connectivity index (χ1v) is 12.2. The minimum absolute atomic E-state index is 0. The van der Waals surface area contributed by atoms with E-state index >= 15 is 0 Å². The second-order valence-electron chi connectivity index (χ2n) is 8.88. The second kappa shape index (κ2) is 13.2. The van der Waals surface area contributed by atoms with E-state index in [1.807, 2.05) is 18.2 Å². The number of carbonyl (C=O) groups excluding carboxylic acids is 2. The molecule has 11 heteroatoms. The van der Waals surface area contributed by atoms with Gasteiger partial charge in [-0.3, -0.25) is 28.9 Å². The van der Waals surface area contributed by atoms with Gasteiger partial charge in [0.05, 0.1) is 30.9 Å². The Balaban J connectivity index is 0.00000342. The molecule has 4 rings (SSSR count). The number of nitrogens with zero attached hydrogens (tertiary/aromatic N) is 3. The highest BCUT2D eigenvalue weighted by Gasteiger charge is 2.31. The van der Waals surface area contributed by atoms with Crippen LogP contribution in [0.4, 0.5) is 0 Å². The van der Waals surface area contributed by atoms with Gasteiger partial charge in [0.25, 0.3) is 0 Å². The van der Waals surface area contributed by atoms with Gasteiger partial charge in [-0.2, -0.15) is 0 Å². The molecule has 2 aromatic rings. The predicted octanol–water partition coefficient (Wildman–Crippen LogP) is 0.611. The van der Waals surface area contributed by atoms with Gasteiger partial charge in [0.2, 0.25) is 11.8 Å². The first kappa shape index (κ1) is 27.3. The molecule has 2 N–H and O–H groups in total. The van der Waals surface area contributed by atoms with E-state index in [0.29, 0.717) is 26.2 Å². The number of hydrogen-bond acceptors (Lipinski definition) is 7. The van der Waals surface area contributed by atoms with E-state index in [4.69, 9.17) is 9.47 Å². The molecule has 2 fully saturated rings. The fourth-order valence-corrected chi connectivity index (χ4v) is 4.77. The average molecular weight is 510 g/mol. The quantitative estimate of drug-likeness (QED) is 0.337. The van der Waals surface area contributed by atoms with Gasteiger partial charge in [-0.15, -0.1) is 12.4 Å². The number of amides is 2. The minimum Gasteiger partial charge on any atom is -0.379 e. The van der Waals surface area contributed by atoms with Gasteiger partial charge < -0.3 is 14.8 Å². The van der Waals surface area contributed by atoms with Crippen LogP contribution in [0.25, 0.3) is 11.0 Å². The average Bonchev–Trinajstić information content (AvgIpc) is 3.09. The first-order chi connectivity index (χ1) is 16.6. The number of aromatic nitrogens is 2. The van der Waals surface area contributed by atoms with E-state index in [2.05, 4.69) is 15.5 Å². The van der Waals surface area contributed by atoms with Crippen molar-refractivity contribution >= 4 is 35.3 Å². The van der Waals surface area contributed by atoms with Gasteiger partial charge in [-0.1, -0.05) is 12.1 Å². The van der Waals surface area contributed by atoms with Crippen LogP contribution in [0.3, 0.4) is 0 Å². The Kier molecular flexibility index (Phi) is 10.3. The van der Waals surface area contributed by atoms with Crippen LogP contribution in [0.5, 0.6) is 0 Å². The minimum atomic E-state index is -0.668. The number of hydrogen-bond donors (Lipinski definition) is 2. The lowest BCUT2D eigenvalue weighted by Crippen LogP contribution is -2.44. The number of carbonyl (C=O) groups is 2. The summed E-state index contributed by atoms with van der Waals surface area (Å²) in [5.41, 5.74) is 2.34. The molecule has 2 aliphatic heterocycles. The number of nitrogens with one attached hydrogen (secondary N) is 2. The fourth-order valence-electron chi connectivity index (χ4n) is 4.77. The van der Waals surface area contributed by atoms with Crippen molar-refractivity contribution in [3.8, 4) is 0 Å². The molecule has 2 amide bonds. The summed E-state index contributed by atoms with van der Waals surface area (Å²) in [5.74, 6) is -0.708. The topological polar surface area (TPSA) is 107 Å². The molecule has 0 saturated carbocycles. The van der Waals surface area contributed by atoms with E-state index in [0.717, 1.165) is 68.8 Å². The molecule has 3 heterocycles. The van der Waals surface area contributed by atoms with E-state index in [-0.39, 0.29) is 30.4 Å². The van der Waals surface area contributed by atoms with Crippen LogP contribution in [-0.4, -0.2) is 85.0 Å². The van der Waals surface area contributed by atoms with E-state index in [9.17, 15) is 14.4 Å². The SMILES string of the molecule is Cl.Cn1c(=O)n(C2CCC(=O)NC2=O)c2cccc(CCCOCCOCCN3CCNCC3)c21. The van der Waals surface area contributed by atoms with Gasteiger partial charge in [0.1, 0.15) is 6.04 Å². The van der Waals surface area contributed by atoms with Crippen LogP contribution >= 0.6 is 12.4 Å². The zero-order valence-corrected chi connectivity index (χ0v) is 21.1. The third-order valence-electron chi connectivity index (χ3n) is 6.58. The van der Waals surface area contributed by atoms with Gasteiger partial charge in [-0.05, 0) is 30.9 Å². The summed E-state index contributed by atoms with van der Waals surface area (Å²) in [6, 6.07) is 5.11. The van der Waals surface area contributed by atoms with Crippen molar-refractivity contribution in [3.63, 3.8) is 0 Å². The van der Waals surface area contributed by atoms with Crippen molar-refractivity contribution in [1.29, 1.82) is 0 Å². The molecule has 1 aromatic heterocycles. The summed E-state index contributed by atoms with van der Waals surface area (Å²) in [5, 5.41) is 5.69. The van der Waals surface area contributed by atoms with Crippen LogP contribution in [-0.2, 0) is 32.5 Å². The Morgan fingerprint density at radius 1 is 1.03 bits per heavy atom. The number of para-hydroxylation sites is 1. The highest BCUT2D eigenvalue weighted by molar-refractivity contribution is 6.00. The van der Waals surface area contributed by atoms with Crippen molar-refractivity contribution in [3.05, 3.63) is 34.2 Å². The van der Waals surface area contributed by atoms with Crippen molar-refractivity contribution in [2.24, 2.45) is 7.05 Å². The number of imidazole rings is 1.